The topological polar surface area (TPSA) is 26.3 Å². The van der Waals surface area contributed by atoms with Gasteiger partial charge in [-0.15, -0.1) is 0 Å². The number of hydrogen-bond acceptors (Lipinski definition) is 2. The molecule has 0 radical (unpaired) electrons. The van der Waals surface area contributed by atoms with Gasteiger partial charge in [-0.2, -0.15) is 0 Å². The predicted octanol–water partition coefficient (Wildman–Crippen LogP) is 3.83. The Labute approximate surface area is 117 Å². The number of ketones is 1. The van der Waals surface area contributed by atoms with Crippen LogP contribution in [0.3, 0.4) is 0 Å². The van der Waals surface area contributed by atoms with Crippen molar-refractivity contribution in [1.29, 1.82) is 0 Å². The summed E-state index contributed by atoms with van der Waals surface area (Å²) < 4.78 is 5.54. The van der Waals surface area contributed by atoms with Crippen LogP contribution in [0.4, 0.5) is 0 Å². The second-order valence-electron chi connectivity index (χ2n) is 7.92. The third-order valence-electron chi connectivity index (χ3n) is 7.32. The van der Waals surface area contributed by atoms with Crippen LogP contribution in [0.25, 0.3) is 0 Å². The van der Waals surface area contributed by atoms with Crippen molar-refractivity contribution in [2.24, 2.45) is 28.6 Å². The normalized spacial score (nSPS) is 48.7. The molecule has 5 atom stereocenters. The fourth-order valence-corrected chi connectivity index (χ4v) is 5.50. The number of methoxy groups -OCH3 is 1. The summed E-state index contributed by atoms with van der Waals surface area (Å²) in [7, 11) is 1.80. The van der Waals surface area contributed by atoms with E-state index in [1.54, 1.807) is 7.11 Å². The smallest absolute Gasteiger partial charge is 0.136 e. The minimum atomic E-state index is 0.272. The lowest BCUT2D eigenvalue weighted by Gasteiger charge is -2.44. The van der Waals surface area contributed by atoms with E-state index in [1.165, 1.54) is 19.3 Å². The van der Waals surface area contributed by atoms with Gasteiger partial charge >= 0.3 is 0 Å². The van der Waals surface area contributed by atoms with Crippen molar-refractivity contribution in [3.8, 4) is 0 Å². The monoisotopic (exact) mass is 264 g/mol. The van der Waals surface area contributed by atoms with E-state index in [1.807, 2.05) is 0 Å². The van der Waals surface area contributed by atoms with Gasteiger partial charge in [-0.3, -0.25) is 4.79 Å². The molecule has 19 heavy (non-hydrogen) atoms. The van der Waals surface area contributed by atoms with E-state index in [9.17, 15) is 4.79 Å². The number of carbonyl (C=O) groups is 1. The van der Waals surface area contributed by atoms with Gasteiger partial charge in [-0.1, -0.05) is 20.8 Å². The Morgan fingerprint density at radius 3 is 2.42 bits per heavy atom. The van der Waals surface area contributed by atoms with E-state index in [0.29, 0.717) is 28.6 Å². The number of ether oxygens (including phenoxy) is 1. The highest BCUT2D eigenvalue weighted by molar-refractivity contribution is 5.82. The molecule has 0 amide bonds. The summed E-state index contributed by atoms with van der Waals surface area (Å²) in [6.07, 6.45) is 6.91. The first-order chi connectivity index (χ1) is 8.90. The van der Waals surface area contributed by atoms with Gasteiger partial charge in [0, 0.05) is 19.4 Å². The van der Waals surface area contributed by atoms with E-state index in [0.717, 1.165) is 25.2 Å². The Kier molecular flexibility index (Phi) is 3.09. The Hall–Kier alpha value is -0.370. The minimum absolute atomic E-state index is 0.272. The molecule has 0 saturated heterocycles. The molecule has 3 aliphatic rings. The summed E-state index contributed by atoms with van der Waals surface area (Å²) in [6, 6.07) is 0. The lowest BCUT2D eigenvalue weighted by Crippen LogP contribution is -2.42. The van der Waals surface area contributed by atoms with Crippen molar-refractivity contribution in [3.05, 3.63) is 0 Å². The fourth-order valence-electron chi connectivity index (χ4n) is 5.50. The van der Waals surface area contributed by atoms with E-state index >= 15 is 0 Å². The molecule has 0 aromatic carbocycles. The van der Waals surface area contributed by atoms with Gasteiger partial charge in [0.1, 0.15) is 5.78 Å². The van der Waals surface area contributed by atoms with Gasteiger partial charge in [0.15, 0.2) is 0 Å². The summed E-state index contributed by atoms with van der Waals surface area (Å²) in [4.78, 5) is 12.4. The van der Waals surface area contributed by atoms with Crippen molar-refractivity contribution in [3.63, 3.8) is 0 Å². The average Bonchev–Trinajstić information content (AvgIpc) is 2.72. The molecule has 0 aromatic heterocycles. The van der Waals surface area contributed by atoms with E-state index in [-0.39, 0.29) is 5.92 Å². The third-order valence-corrected chi connectivity index (χ3v) is 7.32. The molecular weight excluding hydrogens is 236 g/mol. The highest BCUT2D eigenvalue weighted by Crippen LogP contribution is 2.70. The molecule has 3 fully saturated rings. The zero-order chi connectivity index (χ0) is 13.8. The predicted molar refractivity (Wildman–Crippen MR) is 75.9 cm³/mol. The standard InChI is InChI=1S/C17H28O2/c1-16(2)11-7-8-17(16,3)14(9-11)13-10-12(19-4)5-6-15(13)18/h11-14H,5-10H2,1-4H3/t11-,12?,13?,14+,17+/m1/s1. The first-order valence-electron chi connectivity index (χ1n) is 7.95. The highest BCUT2D eigenvalue weighted by Gasteiger charge is 2.63. The zero-order valence-corrected chi connectivity index (χ0v) is 12.9. The molecule has 0 heterocycles. The molecule has 0 spiro atoms. The number of Topliss-reactive ketones (excluding diaryl/α,β-unsaturated/α-hetero) is 1. The molecule has 2 heteroatoms. The second-order valence-corrected chi connectivity index (χ2v) is 7.92. The maximum Gasteiger partial charge on any atom is 0.136 e. The summed E-state index contributed by atoms with van der Waals surface area (Å²) in [5.41, 5.74) is 0.783. The molecule has 3 saturated carbocycles. The molecular formula is C17H28O2. The number of rotatable bonds is 2. The van der Waals surface area contributed by atoms with Crippen LogP contribution in [0.5, 0.6) is 0 Å². The lowest BCUT2D eigenvalue weighted by molar-refractivity contribution is -0.132. The van der Waals surface area contributed by atoms with Crippen LogP contribution >= 0.6 is 0 Å². The number of hydrogen-bond donors (Lipinski definition) is 0. The first kappa shape index (κ1) is 13.6. The van der Waals surface area contributed by atoms with Gasteiger partial charge in [0.25, 0.3) is 0 Å². The Morgan fingerprint density at radius 2 is 1.89 bits per heavy atom. The molecule has 0 aliphatic heterocycles. The lowest BCUT2D eigenvalue weighted by atomic mass is 9.60. The molecule has 108 valence electrons. The van der Waals surface area contributed by atoms with Crippen LogP contribution < -0.4 is 0 Å². The molecule has 2 nitrogen and oxygen atoms in total. The van der Waals surface area contributed by atoms with Crippen molar-refractivity contribution < 1.29 is 9.53 Å². The van der Waals surface area contributed by atoms with Crippen LogP contribution in [0, 0.1) is 28.6 Å². The summed E-state index contributed by atoms with van der Waals surface area (Å²) in [6.45, 7) is 7.33. The largest absolute Gasteiger partial charge is 0.381 e. The van der Waals surface area contributed by atoms with E-state index < -0.39 is 0 Å². The highest BCUT2D eigenvalue weighted by atomic mass is 16.5. The maximum atomic E-state index is 12.4. The third kappa shape index (κ3) is 1.75. The number of carbonyl (C=O) groups excluding carboxylic acids is 1. The Bertz CT molecular complexity index is 387. The molecule has 2 bridgehead atoms. The quantitative estimate of drug-likeness (QED) is 0.757. The summed E-state index contributed by atoms with van der Waals surface area (Å²) in [5, 5.41) is 0. The van der Waals surface area contributed by atoms with Crippen LogP contribution in [0.15, 0.2) is 0 Å². The van der Waals surface area contributed by atoms with Crippen molar-refractivity contribution in [2.45, 2.75) is 65.4 Å². The molecule has 3 rings (SSSR count). The van der Waals surface area contributed by atoms with Gasteiger partial charge in [-0.05, 0) is 54.8 Å². The van der Waals surface area contributed by atoms with E-state index in [4.69, 9.17) is 4.74 Å². The Balaban J connectivity index is 1.85. The maximum absolute atomic E-state index is 12.4. The van der Waals surface area contributed by atoms with E-state index in [2.05, 4.69) is 20.8 Å². The van der Waals surface area contributed by atoms with Gasteiger partial charge in [0.2, 0.25) is 0 Å². The van der Waals surface area contributed by atoms with Crippen LogP contribution in [-0.2, 0) is 9.53 Å². The Morgan fingerprint density at radius 1 is 1.16 bits per heavy atom. The zero-order valence-electron chi connectivity index (χ0n) is 12.9. The second kappa shape index (κ2) is 4.31. The number of fused-ring (bicyclic) bond motifs is 2. The van der Waals surface area contributed by atoms with Gasteiger partial charge in [0.05, 0.1) is 6.10 Å². The van der Waals surface area contributed by atoms with Crippen LogP contribution in [0.1, 0.15) is 59.3 Å². The molecule has 0 aromatic rings. The fraction of sp³-hybridized carbons (Fsp3) is 0.941. The van der Waals surface area contributed by atoms with Gasteiger partial charge in [-0.25, -0.2) is 0 Å². The first-order valence-corrected chi connectivity index (χ1v) is 7.95. The van der Waals surface area contributed by atoms with Crippen LogP contribution in [0.2, 0.25) is 0 Å². The van der Waals surface area contributed by atoms with Gasteiger partial charge < -0.3 is 4.74 Å². The molecule has 2 unspecified atom stereocenters. The summed E-state index contributed by atoms with van der Waals surface area (Å²) >= 11 is 0. The SMILES string of the molecule is COC1CCC(=O)C([C@@H]2C[C@H]3CC[C@]2(C)C3(C)C)C1. The summed E-state index contributed by atoms with van der Waals surface area (Å²) in [5.74, 6) is 2.22. The molecule has 3 aliphatic carbocycles. The van der Waals surface area contributed by atoms with Crippen molar-refractivity contribution in [2.75, 3.05) is 7.11 Å². The van der Waals surface area contributed by atoms with Crippen LogP contribution in [-0.4, -0.2) is 19.0 Å². The average molecular weight is 264 g/mol. The van der Waals surface area contributed by atoms with Crippen molar-refractivity contribution >= 4 is 5.78 Å². The molecule has 0 N–H and O–H groups in total. The minimum Gasteiger partial charge on any atom is -0.381 e. The van der Waals surface area contributed by atoms with Crippen molar-refractivity contribution in [1.82, 2.24) is 0 Å².